The van der Waals surface area contributed by atoms with Crippen LogP contribution in [0.15, 0.2) is 12.1 Å². The van der Waals surface area contributed by atoms with Crippen molar-refractivity contribution in [3.05, 3.63) is 29.1 Å². The van der Waals surface area contributed by atoms with Crippen LogP contribution in [0.2, 0.25) is 0 Å². The van der Waals surface area contributed by atoms with Crippen molar-refractivity contribution in [2.75, 3.05) is 13.7 Å². The lowest BCUT2D eigenvalue weighted by Gasteiger charge is -2.26. The lowest BCUT2D eigenvalue weighted by molar-refractivity contribution is 0.0117. The Labute approximate surface area is 117 Å². The Bertz CT molecular complexity index is 381. The van der Waals surface area contributed by atoms with Crippen LogP contribution in [-0.4, -0.2) is 24.2 Å². The Morgan fingerprint density at radius 1 is 1.26 bits per heavy atom. The molecule has 0 aliphatic heterocycles. The summed E-state index contributed by atoms with van der Waals surface area (Å²) in [5.74, 6) is 0. The number of hydrogen-bond acceptors (Lipinski definition) is 3. The molecule has 3 nitrogen and oxygen atoms in total. The third-order valence-corrected chi connectivity index (χ3v) is 3.54. The second kappa shape index (κ2) is 7.01. The summed E-state index contributed by atoms with van der Waals surface area (Å²) in [5.41, 5.74) is 3.44. The molecule has 0 bridgehead atoms. The van der Waals surface area contributed by atoms with E-state index >= 15 is 0 Å². The smallest absolute Gasteiger partial charge is 0.0623 e. The van der Waals surface area contributed by atoms with Gasteiger partial charge in [0, 0.05) is 24.5 Å². The number of nitrogens with zero attached hydrogens (tertiary/aromatic N) is 1. The molecular formula is C16H28N2O. The second-order valence-corrected chi connectivity index (χ2v) is 5.80. The van der Waals surface area contributed by atoms with Gasteiger partial charge in [-0.25, -0.2) is 0 Å². The van der Waals surface area contributed by atoms with Crippen molar-refractivity contribution in [3.8, 4) is 0 Å². The Morgan fingerprint density at radius 2 is 1.84 bits per heavy atom. The minimum atomic E-state index is -0.0647. The first kappa shape index (κ1) is 16.1. The summed E-state index contributed by atoms with van der Waals surface area (Å²) in [4.78, 5) is 4.45. The maximum atomic E-state index is 5.51. The number of pyridine rings is 1. The van der Waals surface area contributed by atoms with Crippen molar-refractivity contribution < 1.29 is 4.74 Å². The summed E-state index contributed by atoms with van der Waals surface area (Å²) in [6.45, 7) is 11.5. The van der Waals surface area contributed by atoms with E-state index in [1.165, 1.54) is 5.56 Å². The van der Waals surface area contributed by atoms with E-state index in [2.05, 4.69) is 57.1 Å². The number of methoxy groups -OCH3 is 1. The van der Waals surface area contributed by atoms with Crippen LogP contribution in [0, 0.1) is 13.8 Å². The standard InChI is InChI=1S/C16H28N2O/c1-7-17-15(8-9-16(4,5)19-6)14-10-12(2)18-13(3)11-14/h10-11,15,17H,7-9H2,1-6H3. The highest BCUT2D eigenvalue weighted by atomic mass is 16.5. The number of aryl methyl sites for hydroxylation is 2. The topological polar surface area (TPSA) is 34.1 Å². The van der Waals surface area contributed by atoms with Crippen molar-refractivity contribution in [3.63, 3.8) is 0 Å². The molecule has 0 saturated heterocycles. The molecule has 0 aromatic carbocycles. The minimum Gasteiger partial charge on any atom is -0.379 e. The zero-order chi connectivity index (χ0) is 14.5. The van der Waals surface area contributed by atoms with E-state index in [9.17, 15) is 0 Å². The van der Waals surface area contributed by atoms with Gasteiger partial charge in [0.1, 0.15) is 0 Å². The molecule has 0 radical (unpaired) electrons. The quantitative estimate of drug-likeness (QED) is 0.817. The summed E-state index contributed by atoms with van der Waals surface area (Å²) in [5, 5.41) is 3.57. The summed E-state index contributed by atoms with van der Waals surface area (Å²) in [6, 6.07) is 4.74. The lowest BCUT2D eigenvalue weighted by Crippen LogP contribution is -2.27. The summed E-state index contributed by atoms with van der Waals surface area (Å²) < 4.78 is 5.51. The first-order valence-corrected chi connectivity index (χ1v) is 7.11. The molecule has 0 spiro atoms. The van der Waals surface area contributed by atoms with Gasteiger partial charge in [-0.05, 0) is 64.8 Å². The van der Waals surface area contributed by atoms with Crippen LogP contribution in [-0.2, 0) is 4.74 Å². The number of ether oxygens (including phenoxy) is 1. The Hall–Kier alpha value is -0.930. The van der Waals surface area contributed by atoms with Gasteiger partial charge in [0.05, 0.1) is 5.60 Å². The fourth-order valence-electron chi connectivity index (χ4n) is 2.29. The van der Waals surface area contributed by atoms with Crippen LogP contribution in [0.3, 0.4) is 0 Å². The summed E-state index contributed by atoms with van der Waals surface area (Å²) >= 11 is 0. The third kappa shape index (κ3) is 5.29. The van der Waals surface area contributed by atoms with Crippen LogP contribution in [0.1, 0.15) is 56.6 Å². The predicted molar refractivity (Wildman–Crippen MR) is 80.5 cm³/mol. The van der Waals surface area contributed by atoms with Crippen molar-refractivity contribution in [1.82, 2.24) is 10.3 Å². The average molecular weight is 264 g/mol. The summed E-state index contributed by atoms with van der Waals surface area (Å²) in [6.07, 6.45) is 2.10. The van der Waals surface area contributed by atoms with E-state index in [-0.39, 0.29) is 5.60 Å². The Balaban J connectivity index is 2.82. The molecule has 0 saturated carbocycles. The molecule has 1 rings (SSSR count). The molecule has 1 atom stereocenters. The molecule has 108 valence electrons. The van der Waals surface area contributed by atoms with Gasteiger partial charge in [-0.15, -0.1) is 0 Å². The maximum absolute atomic E-state index is 5.51. The number of nitrogens with one attached hydrogen (secondary N) is 1. The number of rotatable bonds is 7. The van der Waals surface area contributed by atoms with E-state index < -0.39 is 0 Å². The minimum absolute atomic E-state index is 0.0647. The van der Waals surface area contributed by atoms with Gasteiger partial charge in [-0.1, -0.05) is 6.92 Å². The molecule has 0 fully saturated rings. The molecule has 1 aromatic rings. The van der Waals surface area contributed by atoms with Crippen LogP contribution >= 0.6 is 0 Å². The highest BCUT2D eigenvalue weighted by Crippen LogP contribution is 2.25. The van der Waals surface area contributed by atoms with Crippen LogP contribution in [0.5, 0.6) is 0 Å². The van der Waals surface area contributed by atoms with E-state index in [1.807, 2.05) is 0 Å². The first-order valence-electron chi connectivity index (χ1n) is 7.11. The molecule has 0 amide bonds. The van der Waals surface area contributed by atoms with Crippen LogP contribution < -0.4 is 5.32 Å². The Kier molecular flexibility index (Phi) is 5.95. The van der Waals surface area contributed by atoms with Crippen molar-refractivity contribution in [2.45, 2.75) is 59.1 Å². The predicted octanol–water partition coefficient (Wildman–Crippen LogP) is 3.55. The van der Waals surface area contributed by atoms with E-state index in [1.54, 1.807) is 7.11 Å². The fraction of sp³-hybridized carbons (Fsp3) is 0.688. The SMILES string of the molecule is CCNC(CCC(C)(C)OC)c1cc(C)nc(C)c1. The normalized spacial score (nSPS) is 13.6. The molecule has 1 heterocycles. The molecule has 3 heteroatoms. The second-order valence-electron chi connectivity index (χ2n) is 5.80. The highest BCUT2D eigenvalue weighted by molar-refractivity contribution is 5.23. The highest BCUT2D eigenvalue weighted by Gasteiger charge is 2.20. The zero-order valence-corrected chi connectivity index (χ0v) is 13.2. The third-order valence-electron chi connectivity index (χ3n) is 3.54. The van der Waals surface area contributed by atoms with Gasteiger partial charge in [-0.2, -0.15) is 0 Å². The average Bonchev–Trinajstić information content (AvgIpc) is 2.33. The van der Waals surface area contributed by atoms with Gasteiger partial charge in [0.2, 0.25) is 0 Å². The Morgan fingerprint density at radius 3 is 2.32 bits per heavy atom. The van der Waals surface area contributed by atoms with Gasteiger partial charge < -0.3 is 10.1 Å². The van der Waals surface area contributed by atoms with Gasteiger partial charge in [-0.3, -0.25) is 4.98 Å². The summed E-state index contributed by atoms with van der Waals surface area (Å²) in [7, 11) is 1.78. The fourth-order valence-corrected chi connectivity index (χ4v) is 2.29. The molecule has 1 N–H and O–H groups in total. The number of aromatic nitrogens is 1. The molecule has 0 aliphatic rings. The van der Waals surface area contributed by atoms with Crippen molar-refractivity contribution in [1.29, 1.82) is 0 Å². The maximum Gasteiger partial charge on any atom is 0.0623 e. The van der Waals surface area contributed by atoms with Crippen LogP contribution in [0.25, 0.3) is 0 Å². The molecule has 19 heavy (non-hydrogen) atoms. The van der Waals surface area contributed by atoms with Crippen molar-refractivity contribution in [2.24, 2.45) is 0 Å². The zero-order valence-electron chi connectivity index (χ0n) is 13.2. The monoisotopic (exact) mass is 264 g/mol. The van der Waals surface area contributed by atoms with E-state index in [0.29, 0.717) is 6.04 Å². The lowest BCUT2D eigenvalue weighted by atomic mass is 9.94. The molecule has 1 aromatic heterocycles. The largest absolute Gasteiger partial charge is 0.379 e. The molecule has 1 unspecified atom stereocenters. The van der Waals surface area contributed by atoms with Crippen molar-refractivity contribution >= 4 is 0 Å². The first-order chi connectivity index (χ1) is 8.88. The number of hydrogen-bond donors (Lipinski definition) is 1. The van der Waals surface area contributed by atoms with E-state index in [0.717, 1.165) is 30.8 Å². The van der Waals surface area contributed by atoms with Crippen LogP contribution in [0.4, 0.5) is 0 Å². The van der Waals surface area contributed by atoms with E-state index in [4.69, 9.17) is 4.74 Å². The molecular weight excluding hydrogens is 236 g/mol. The van der Waals surface area contributed by atoms with Gasteiger partial charge >= 0.3 is 0 Å². The molecule has 0 aliphatic carbocycles. The van der Waals surface area contributed by atoms with Gasteiger partial charge in [0.25, 0.3) is 0 Å². The van der Waals surface area contributed by atoms with Gasteiger partial charge in [0.15, 0.2) is 0 Å².